The number of carbonyl (C=O) groups is 2. The van der Waals surface area contributed by atoms with Crippen molar-refractivity contribution in [3.8, 4) is 5.75 Å². The van der Waals surface area contributed by atoms with E-state index in [9.17, 15) is 9.59 Å². The van der Waals surface area contributed by atoms with E-state index in [0.717, 1.165) is 12.0 Å². The highest BCUT2D eigenvalue weighted by Gasteiger charge is 2.26. The van der Waals surface area contributed by atoms with E-state index in [4.69, 9.17) is 14.6 Å². The first kappa shape index (κ1) is 18.1. The zero-order valence-electron chi connectivity index (χ0n) is 14.2. The number of para-hydroxylation sites is 1. The minimum Gasteiger partial charge on any atom is -0.491 e. The minimum atomic E-state index is -0.888. The molecule has 3 N–H and O–H groups in total. The molecule has 1 heterocycles. The summed E-state index contributed by atoms with van der Waals surface area (Å²) in [6.45, 7) is 4.09. The molecule has 1 atom stereocenters. The number of carboxylic acids is 1. The maximum atomic E-state index is 12.3. The summed E-state index contributed by atoms with van der Waals surface area (Å²) in [4.78, 5) is 22.9. The number of urea groups is 1. The van der Waals surface area contributed by atoms with Gasteiger partial charge in [-0.15, -0.1) is 0 Å². The Balaban J connectivity index is 2.06. The van der Waals surface area contributed by atoms with Crippen LogP contribution in [-0.2, 0) is 9.53 Å². The normalized spacial score (nSPS) is 16.7. The van der Waals surface area contributed by atoms with Gasteiger partial charge in [-0.25, -0.2) is 4.79 Å². The van der Waals surface area contributed by atoms with Crippen molar-refractivity contribution in [3.63, 3.8) is 0 Å². The second-order valence-corrected chi connectivity index (χ2v) is 6.44. The summed E-state index contributed by atoms with van der Waals surface area (Å²) in [7, 11) is 1.65. The molecule has 132 valence electrons. The van der Waals surface area contributed by atoms with E-state index in [-0.39, 0.29) is 12.5 Å². The third-order valence-electron chi connectivity index (χ3n) is 3.97. The van der Waals surface area contributed by atoms with Gasteiger partial charge in [0.15, 0.2) is 0 Å². The standard InChI is InChI=1S/C17H24N2O5/c1-17(2,9-7-14(20)21)19-16(22)18-12-6-4-5-11-13(23-3)8-10-24-15(11)12/h4-6,13H,7-10H2,1-3H3,(H,20,21)(H2,18,19,22). The fraction of sp³-hybridized carbons (Fsp3) is 0.529. The highest BCUT2D eigenvalue weighted by molar-refractivity contribution is 5.91. The SMILES string of the molecule is COC1CCOc2c(NC(=O)NC(C)(C)CCC(=O)O)cccc21. The zero-order chi connectivity index (χ0) is 17.7. The number of methoxy groups -OCH3 is 1. The van der Waals surface area contributed by atoms with Crippen LogP contribution in [-0.4, -0.2) is 36.4 Å². The fourth-order valence-electron chi connectivity index (χ4n) is 2.68. The summed E-state index contributed by atoms with van der Waals surface area (Å²) in [6.07, 6.45) is 1.05. The number of anilines is 1. The van der Waals surface area contributed by atoms with E-state index in [1.807, 2.05) is 12.1 Å². The van der Waals surface area contributed by atoms with Crippen LogP contribution in [0.5, 0.6) is 5.75 Å². The summed E-state index contributed by atoms with van der Waals surface area (Å²) in [6, 6.07) is 5.12. The maximum absolute atomic E-state index is 12.3. The number of fused-ring (bicyclic) bond motifs is 1. The first-order chi connectivity index (χ1) is 11.3. The van der Waals surface area contributed by atoms with Crippen LogP contribution in [0.15, 0.2) is 18.2 Å². The average Bonchev–Trinajstić information content (AvgIpc) is 2.52. The molecular weight excluding hydrogens is 312 g/mol. The summed E-state index contributed by atoms with van der Waals surface area (Å²) in [5, 5.41) is 14.3. The molecule has 1 unspecified atom stereocenters. The molecule has 1 aromatic rings. The van der Waals surface area contributed by atoms with Gasteiger partial charge in [-0.3, -0.25) is 4.79 Å². The van der Waals surface area contributed by atoms with Crippen molar-refractivity contribution in [1.29, 1.82) is 0 Å². The Labute approximate surface area is 141 Å². The fourth-order valence-corrected chi connectivity index (χ4v) is 2.68. The lowest BCUT2D eigenvalue weighted by Gasteiger charge is -2.28. The molecule has 1 aliphatic rings. The van der Waals surface area contributed by atoms with Gasteiger partial charge in [0.05, 0.1) is 18.4 Å². The van der Waals surface area contributed by atoms with Gasteiger partial charge in [-0.05, 0) is 26.3 Å². The molecule has 7 heteroatoms. The average molecular weight is 336 g/mol. The number of carbonyl (C=O) groups excluding carboxylic acids is 1. The van der Waals surface area contributed by atoms with Crippen LogP contribution in [0.3, 0.4) is 0 Å². The predicted octanol–water partition coefficient (Wildman–Crippen LogP) is 2.92. The van der Waals surface area contributed by atoms with Crippen LogP contribution in [0.4, 0.5) is 10.5 Å². The Hall–Kier alpha value is -2.28. The molecule has 1 aromatic carbocycles. The van der Waals surface area contributed by atoms with E-state index in [2.05, 4.69) is 10.6 Å². The van der Waals surface area contributed by atoms with Gasteiger partial charge in [0.2, 0.25) is 0 Å². The van der Waals surface area contributed by atoms with Gasteiger partial charge in [0.1, 0.15) is 5.75 Å². The van der Waals surface area contributed by atoms with Crippen molar-refractivity contribution in [2.75, 3.05) is 19.0 Å². The molecule has 24 heavy (non-hydrogen) atoms. The quantitative estimate of drug-likeness (QED) is 0.742. The molecule has 0 saturated carbocycles. The molecule has 0 bridgehead atoms. The number of ether oxygens (including phenoxy) is 2. The van der Waals surface area contributed by atoms with Gasteiger partial charge < -0.3 is 25.2 Å². The monoisotopic (exact) mass is 336 g/mol. The first-order valence-corrected chi connectivity index (χ1v) is 7.92. The minimum absolute atomic E-state index is 0.00730. The van der Waals surface area contributed by atoms with E-state index >= 15 is 0 Å². The molecule has 1 aliphatic heterocycles. The van der Waals surface area contributed by atoms with Gasteiger partial charge in [0.25, 0.3) is 0 Å². The van der Waals surface area contributed by atoms with E-state index < -0.39 is 17.5 Å². The smallest absolute Gasteiger partial charge is 0.319 e. The highest BCUT2D eigenvalue weighted by Crippen LogP contribution is 2.39. The summed E-state index contributed by atoms with van der Waals surface area (Å²) >= 11 is 0. The van der Waals surface area contributed by atoms with Crippen LogP contribution in [0, 0.1) is 0 Å². The number of aliphatic carboxylic acids is 1. The number of benzene rings is 1. The van der Waals surface area contributed by atoms with Crippen LogP contribution in [0.2, 0.25) is 0 Å². The van der Waals surface area contributed by atoms with E-state index in [1.54, 1.807) is 27.0 Å². The van der Waals surface area contributed by atoms with Gasteiger partial charge in [-0.2, -0.15) is 0 Å². The molecule has 0 spiro atoms. The lowest BCUT2D eigenvalue weighted by molar-refractivity contribution is -0.137. The topological polar surface area (TPSA) is 96.9 Å². The van der Waals surface area contributed by atoms with Crippen molar-refractivity contribution in [1.82, 2.24) is 5.32 Å². The number of carboxylic acid groups (broad SMARTS) is 1. The number of rotatable bonds is 6. The molecule has 7 nitrogen and oxygen atoms in total. The van der Waals surface area contributed by atoms with E-state index in [1.165, 1.54) is 0 Å². The predicted molar refractivity (Wildman–Crippen MR) is 89.4 cm³/mol. The number of hydrogen-bond acceptors (Lipinski definition) is 4. The van der Waals surface area contributed by atoms with Crippen LogP contribution < -0.4 is 15.4 Å². The number of nitrogens with one attached hydrogen (secondary N) is 2. The maximum Gasteiger partial charge on any atom is 0.319 e. The largest absolute Gasteiger partial charge is 0.491 e. The molecular formula is C17H24N2O5. The summed E-state index contributed by atoms with van der Waals surface area (Å²) in [5.41, 5.74) is 0.847. The Kier molecular flexibility index (Phi) is 5.66. The Bertz CT molecular complexity index is 615. The Morgan fingerprint density at radius 3 is 2.83 bits per heavy atom. The second-order valence-electron chi connectivity index (χ2n) is 6.44. The molecule has 0 fully saturated rings. The van der Waals surface area contributed by atoms with Gasteiger partial charge in [-0.1, -0.05) is 12.1 Å². The second kappa shape index (κ2) is 7.53. The molecule has 2 amide bonds. The first-order valence-electron chi connectivity index (χ1n) is 7.92. The van der Waals surface area contributed by atoms with Crippen molar-refractivity contribution >= 4 is 17.7 Å². The highest BCUT2D eigenvalue weighted by atomic mass is 16.5. The molecule has 0 radical (unpaired) electrons. The lowest BCUT2D eigenvalue weighted by atomic mass is 9.99. The number of amides is 2. The van der Waals surface area contributed by atoms with Crippen molar-refractivity contribution < 1.29 is 24.2 Å². The molecule has 0 saturated heterocycles. The molecule has 0 aliphatic carbocycles. The van der Waals surface area contributed by atoms with Gasteiger partial charge in [0, 0.05) is 31.1 Å². The van der Waals surface area contributed by atoms with Crippen LogP contribution in [0.1, 0.15) is 44.8 Å². The van der Waals surface area contributed by atoms with Crippen LogP contribution in [0.25, 0.3) is 0 Å². The Morgan fingerprint density at radius 1 is 1.42 bits per heavy atom. The van der Waals surface area contributed by atoms with Crippen molar-refractivity contribution in [2.45, 2.75) is 44.8 Å². The third kappa shape index (κ3) is 4.61. The summed E-state index contributed by atoms with van der Waals surface area (Å²) in [5.74, 6) is -0.268. The molecule has 0 aromatic heterocycles. The lowest BCUT2D eigenvalue weighted by Crippen LogP contribution is -2.45. The molecule has 2 rings (SSSR count). The summed E-state index contributed by atoms with van der Waals surface area (Å²) < 4.78 is 11.1. The number of hydrogen-bond donors (Lipinski definition) is 3. The van der Waals surface area contributed by atoms with Crippen molar-refractivity contribution in [2.24, 2.45) is 0 Å². The third-order valence-corrected chi connectivity index (χ3v) is 3.97. The van der Waals surface area contributed by atoms with Gasteiger partial charge >= 0.3 is 12.0 Å². The van der Waals surface area contributed by atoms with E-state index in [0.29, 0.717) is 24.5 Å². The van der Waals surface area contributed by atoms with Crippen LogP contribution >= 0.6 is 0 Å². The van der Waals surface area contributed by atoms with Crippen molar-refractivity contribution in [3.05, 3.63) is 23.8 Å². The Morgan fingerprint density at radius 2 is 2.17 bits per heavy atom. The zero-order valence-corrected chi connectivity index (χ0v) is 14.2.